The largest absolute Gasteiger partial charge is 0.328 e. The third kappa shape index (κ3) is 1.57. The van der Waals surface area contributed by atoms with Crippen molar-refractivity contribution in [1.29, 1.82) is 0 Å². The summed E-state index contributed by atoms with van der Waals surface area (Å²) >= 11 is 0. The van der Waals surface area contributed by atoms with E-state index in [4.69, 9.17) is 0 Å². The average molecular weight is 268 g/mol. The van der Waals surface area contributed by atoms with E-state index in [-0.39, 0.29) is 17.7 Å². The molecule has 0 saturated carbocycles. The second kappa shape index (κ2) is 4.26. The Kier molecular flexibility index (Phi) is 2.42. The van der Waals surface area contributed by atoms with Crippen LogP contribution in [0.4, 0.5) is 5.95 Å². The summed E-state index contributed by atoms with van der Waals surface area (Å²) in [6.45, 7) is 0. The first-order valence-corrected chi connectivity index (χ1v) is 6.70. The van der Waals surface area contributed by atoms with E-state index in [1.807, 2.05) is 24.5 Å². The standard InChI is InChI=1S/C14H13N5O/c20-11-5-1-4-10-12(11)13(9-3-2-6-15-7-9)19-14(18-10)16-8-17-19/h2-4,6-8,12-13H,1,5H2,(H,16,17,18)/p+1. The molecule has 20 heavy (non-hydrogen) atoms. The molecule has 3 heterocycles. The number of anilines is 1. The fourth-order valence-corrected chi connectivity index (χ4v) is 3.04. The summed E-state index contributed by atoms with van der Waals surface area (Å²) in [5.41, 5.74) is 1.99. The fourth-order valence-electron chi connectivity index (χ4n) is 3.04. The van der Waals surface area contributed by atoms with Crippen molar-refractivity contribution in [2.75, 3.05) is 5.32 Å². The molecular formula is C14H14N5O+. The molecule has 4 rings (SSSR count). The van der Waals surface area contributed by atoms with Gasteiger partial charge in [-0.25, -0.2) is 9.67 Å². The Morgan fingerprint density at radius 2 is 2.40 bits per heavy atom. The van der Waals surface area contributed by atoms with Gasteiger partial charge >= 0.3 is 0 Å². The number of carbonyl (C=O) groups is 1. The van der Waals surface area contributed by atoms with Crippen molar-refractivity contribution in [3.63, 3.8) is 0 Å². The first kappa shape index (κ1) is 11.3. The summed E-state index contributed by atoms with van der Waals surface area (Å²) < 4.78 is 1.80. The van der Waals surface area contributed by atoms with E-state index in [0.717, 1.165) is 17.7 Å². The highest BCUT2D eigenvalue weighted by atomic mass is 16.1. The van der Waals surface area contributed by atoms with Gasteiger partial charge in [0.15, 0.2) is 12.4 Å². The monoisotopic (exact) mass is 268 g/mol. The number of Topliss-reactive ketones (excluding diaryl/α,β-unsaturated/α-hetero) is 1. The number of H-pyrrole nitrogens is 1. The molecule has 2 aromatic rings. The number of allylic oxidation sites excluding steroid dienone is 2. The van der Waals surface area contributed by atoms with Crippen LogP contribution in [0.2, 0.25) is 0 Å². The van der Waals surface area contributed by atoms with Crippen molar-refractivity contribution in [3.05, 3.63) is 48.2 Å². The van der Waals surface area contributed by atoms with Crippen LogP contribution in [0.25, 0.3) is 0 Å². The average Bonchev–Trinajstić information content (AvgIpc) is 2.94. The number of aromatic amines is 1. The zero-order valence-corrected chi connectivity index (χ0v) is 10.8. The Labute approximate surface area is 115 Å². The Hall–Kier alpha value is -2.50. The van der Waals surface area contributed by atoms with Crippen LogP contribution in [0.15, 0.2) is 42.6 Å². The molecule has 0 amide bonds. The molecule has 6 nitrogen and oxygen atoms in total. The SMILES string of the molecule is O=C1CCC=C2Nc3ncnn3C(c3ccc[nH+]c3)C12. The summed E-state index contributed by atoms with van der Waals surface area (Å²) in [5, 5.41) is 7.52. The topological polar surface area (TPSA) is 74.0 Å². The highest BCUT2D eigenvalue weighted by molar-refractivity contribution is 5.87. The molecule has 2 aromatic heterocycles. The van der Waals surface area contributed by atoms with Crippen molar-refractivity contribution >= 4 is 11.7 Å². The number of aromatic nitrogens is 4. The second-order valence-corrected chi connectivity index (χ2v) is 5.08. The number of hydrogen-bond donors (Lipinski definition) is 1. The van der Waals surface area contributed by atoms with Crippen LogP contribution in [0, 0.1) is 5.92 Å². The van der Waals surface area contributed by atoms with E-state index in [2.05, 4.69) is 26.5 Å². The molecule has 100 valence electrons. The van der Waals surface area contributed by atoms with E-state index in [1.54, 1.807) is 4.68 Å². The van der Waals surface area contributed by atoms with Gasteiger partial charge in [-0.3, -0.25) is 4.79 Å². The van der Waals surface area contributed by atoms with E-state index in [0.29, 0.717) is 12.4 Å². The predicted molar refractivity (Wildman–Crippen MR) is 70.6 cm³/mol. The molecule has 0 radical (unpaired) electrons. The number of carbonyl (C=O) groups excluding carboxylic acids is 1. The van der Waals surface area contributed by atoms with Crippen LogP contribution in [-0.4, -0.2) is 20.5 Å². The quantitative estimate of drug-likeness (QED) is 0.836. The summed E-state index contributed by atoms with van der Waals surface area (Å²) in [4.78, 5) is 19.7. The van der Waals surface area contributed by atoms with Crippen molar-refractivity contribution < 1.29 is 9.78 Å². The number of pyridine rings is 1. The molecule has 1 aliphatic heterocycles. The molecule has 0 aromatic carbocycles. The highest BCUT2D eigenvalue weighted by Gasteiger charge is 2.41. The molecule has 2 N–H and O–H groups in total. The van der Waals surface area contributed by atoms with Gasteiger partial charge in [-0.1, -0.05) is 6.08 Å². The maximum Gasteiger partial charge on any atom is 0.226 e. The molecule has 0 saturated heterocycles. The number of rotatable bonds is 1. The third-order valence-electron chi connectivity index (χ3n) is 3.92. The number of fused-ring (bicyclic) bond motifs is 2. The summed E-state index contributed by atoms with van der Waals surface area (Å²) in [6, 6.07) is 3.81. The van der Waals surface area contributed by atoms with Gasteiger partial charge in [0.05, 0.1) is 5.92 Å². The van der Waals surface area contributed by atoms with Gasteiger partial charge in [0.1, 0.15) is 18.2 Å². The van der Waals surface area contributed by atoms with Gasteiger partial charge < -0.3 is 5.32 Å². The molecule has 0 fully saturated rings. The van der Waals surface area contributed by atoms with E-state index in [9.17, 15) is 4.79 Å². The van der Waals surface area contributed by atoms with Crippen LogP contribution in [0.3, 0.4) is 0 Å². The van der Waals surface area contributed by atoms with Gasteiger partial charge in [0, 0.05) is 23.7 Å². The minimum atomic E-state index is -0.200. The lowest BCUT2D eigenvalue weighted by Crippen LogP contribution is -2.39. The maximum atomic E-state index is 12.4. The van der Waals surface area contributed by atoms with Crippen molar-refractivity contribution in [2.24, 2.45) is 5.92 Å². The summed E-state index contributed by atoms with van der Waals surface area (Å²) in [6.07, 6.45) is 8.77. The van der Waals surface area contributed by atoms with E-state index < -0.39 is 0 Å². The van der Waals surface area contributed by atoms with Crippen LogP contribution in [-0.2, 0) is 4.79 Å². The van der Waals surface area contributed by atoms with Crippen LogP contribution < -0.4 is 10.3 Å². The Bertz CT molecular complexity index is 691. The smallest absolute Gasteiger partial charge is 0.226 e. The number of ketones is 1. The fraction of sp³-hybridized carbons (Fsp3) is 0.286. The summed E-state index contributed by atoms with van der Waals surface area (Å²) in [5.74, 6) is 0.745. The van der Waals surface area contributed by atoms with Crippen LogP contribution in [0.1, 0.15) is 24.4 Å². The maximum absolute atomic E-state index is 12.4. The highest BCUT2D eigenvalue weighted by Crippen LogP contribution is 2.40. The molecule has 2 unspecified atom stereocenters. The van der Waals surface area contributed by atoms with Gasteiger partial charge in [-0.15, -0.1) is 0 Å². The van der Waals surface area contributed by atoms with Gasteiger partial charge in [-0.05, 0) is 12.5 Å². The van der Waals surface area contributed by atoms with Gasteiger partial charge in [0.2, 0.25) is 5.95 Å². The minimum absolute atomic E-state index is 0.134. The molecule has 0 spiro atoms. The van der Waals surface area contributed by atoms with Crippen LogP contribution in [0.5, 0.6) is 0 Å². The first-order valence-electron chi connectivity index (χ1n) is 6.70. The molecule has 1 aliphatic carbocycles. The number of nitrogens with one attached hydrogen (secondary N) is 2. The van der Waals surface area contributed by atoms with Crippen molar-refractivity contribution in [2.45, 2.75) is 18.9 Å². The van der Waals surface area contributed by atoms with Gasteiger partial charge in [0.25, 0.3) is 0 Å². The first-order chi connectivity index (χ1) is 9.84. The Morgan fingerprint density at radius 1 is 1.45 bits per heavy atom. The van der Waals surface area contributed by atoms with Crippen molar-refractivity contribution in [3.8, 4) is 0 Å². The lowest BCUT2D eigenvalue weighted by atomic mass is 9.81. The van der Waals surface area contributed by atoms with Crippen LogP contribution >= 0.6 is 0 Å². The van der Waals surface area contributed by atoms with Gasteiger partial charge in [-0.2, -0.15) is 10.1 Å². The lowest BCUT2D eigenvalue weighted by Gasteiger charge is -2.35. The predicted octanol–water partition coefficient (Wildman–Crippen LogP) is 0.970. The zero-order chi connectivity index (χ0) is 13.5. The number of hydrogen-bond acceptors (Lipinski definition) is 4. The molecule has 2 aliphatic rings. The molecule has 2 atom stereocenters. The lowest BCUT2D eigenvalue weighted by molar-refractivity contribution is -0.379. The summed E-state index contributed by atoms with van der Waals surface area (Å²) in [7, 11) is 0. The minimum Gasteiger partial charge on any atom is -0.328 e. The molecule has 0 bridgehead atoms. The molecule has 6 heteroatoms. The van der Waals surface area contributed by atoms with E-state index in [1.165, 1.54) is 6.33 Å². The third-order valence-corrected chi connectivity index (χ3v) is 3.92. The Balaban J connectivity index is 1.91. The molecular weight excluding hydrogens is 254 g/mol. The van der Waals surface area contributed by atoms with E-state index >= 15 is 0 Å². The number of nitrogens with zero attached hydrogens (tertiary/aromatic N) is 3. The van der Waals surface area contributed by atoms with Crippen molar-refractivity contribution in [1.82, 2.24) is 14.8 Å². The zero-order valence-electron chi connectivity index (χ0n) is 10.8. The normalized spacial score (nSPS) is 24.4. The Morgan fingerprint density at radius 3 is 3.25 bits per heavy atom. The second-order valence-electron chi connectivity index (χ2n) is 5.08.